The van der Waals surface area contributed by atoms with Crippen molar-refractivity contribution in [2.45, 2.75) is 5.88 Å². The molecule has 0 saturated heterocycles. The van der Waals surface area contributed by atoms with Crippen molar-refractivity contribution in [3.63, 3.8) is 0 Å². The van der Waals surface area contributed by atoms with Crippen molar-refractivity contribution in [1.29, 1.82) is 0 Å². The Morgan fingerprint density at radius 3 is 2.92 bits per heavy atom. The fourth-order valence-corrected chi connectivity index (χ4v) is 3.48. The molecule has 0 spiro atoms. The summed E-state index contributed by atoms with van der Waals surface area (Å²) in [7, 11) is 0. The molecule has 0 saturated carbocycles. The summed E-state index contributed by atoms with van der Waals surface area (Å²) >= 11 is 17.0. The number of fused-ring (bicyclic) bond motifs is 1. The molecule has 2 rings (SSSR count). The molecule has 0 unspecified atom stereocenters. The number of halogens is 3. The van der Waals surface area contributed by atoms with Crippen LogP contribution >= 0.6 is 50.5 Å². The summed E-state index contributed by atoms with van der Waals surface area (Å²) in [6.07, 6.45) is 0. The molecule has 1 aromatic heterocycles. The first-order valence-electron chi connectivity index (χ1n) is 3.64. The van der Waals surface area contributed by atoms with Gasteiger partial charge in [0.05, 0.1) is 9.72 Å². The monoisotopic (exact) mass is 294 g/mol. The maximum absolute atomic E-state index is 6.09. The third kappa shape index (κ3) is 1.61. The van der Waals surface area contributed by atoms with Gasteiger partial charge in [-0.1, -0.05) is 11.6 Å². The Morgan fingerprint density at radius 2 is 2.23 bits per heavy atom. The molecule has 0 aliphatic carbocycles. The average Bonchev–Trinajstić information content (AvgIpc) is 2.60. The molecule has 0 radical (unpaired) electrons. The Kier molecular flexibility index (Phi) is 2.84. The molecular formula is C9H5BrCl2S. The zero-order valence-corrected chi connectivity index (χ0v) is 10.4. The van der Waals surface area contributed by atoms with Crippen LogP contribution in [0.15, 0.2) is 22.0 Å². The lowest BCUT2D eigenvalue weighted by Gasteiger charge is -2.03. The van der Waals surface area contributed by atoms with Crippen LogP contribution in [0.25, 0.3) is 10.1 Å². The summed E-state index contributed by atoms with van der Waals surface area (Å²) in [4.78, 5) is 0. The van der Waals surface area contributed by atoms with Crippen molar-refractivity contribution in [3.05, 3.63) is 32.6 Å². The number of rotatable bonds is 1. The highest BCUT2D eigenvalue weighted by atomic mass is 79.9. The molecule has 1 heterocycles. The van der Waals surface area contributed by atoms with E-state index in [4.69, 9.17) is 23.2 Å². The minimum Gasteiger partial charge on any atom is -0.142 e. The van der Waals surface area contributed by atoms with Gasteiger partial charge in [-0.15, -0.1) is 22.9 Å². The zero-order valence-electron chi connectivity index (χ0n) is 6.48. The fraction of sp³-hybridized carbons (Fsp3) is 0.111. The van der Waals surface area contributed by atoms with Gasteiger partial charge >= 0.3 is 0 Å². The molecule has 0 atom stereocenters. The lowest BCUT2D eigenvalue weighted by molar-refractivity contribution is 1.40. The molecule has 0 N–H and O–H groups in total. The first-order valence-corrected chi connectivity index (χ1v) is 6.22. The molecule has 4 heteroatoms. The van der Waals surface area contributed by atoms with E-state index in [1.165, 1.54) is 0 Å². The van der Waals surface area contributed by atoms with Gasteiger partial charge < -0.3 is 0 Å². The Balaban J connectivity index is 2.85. The third-order valence-electron chi connectivity index (χ3n) is 1.85. The Labute approximate surface area is 98.6 Å². The van der Waals surface area contributed by atoms with Gasteiger partial charge in [-0.05, 0) is 39.0 Å². The largest absolute Gasteiger partial charge is 0.142 e. The van der Waals surface area contributed by atoms with E-state index in [2.05, 4.69) is 15.9 Å². The highest BCUT2D eigenvalue weighted by Gasteiger charge is 2.08. The van der Waals surface area contributed by atoms with E-state index in [1.807, 2.05) is 17.5 Å². The van der Waals surface area contributed by atoms with Crippen molar-refractivity contribution < 1.29 is 0 Å². The van der Waals surface area contributed by atoms with Crippen LogP contribution in [0.1, 0.15) is 5.56 Å². The van der Waals surface area contributed by atoms with E-state index < -0.39 is 0 Å². The minimum atomic E-state index is 0.478. The number of hydrogen-bond donors (Lipinski definition) is 0. The van der Waals surface area contributed by atoms with E-state index in [0.717, 1.165) is 25.1 Å². The molecule has 0 amide bonds. The van der Waals surface area contributed by atoms with Gasteiger partial charge in [0, 0.05) is 15.7 Å². The minimum absolute atomic E-state index is 0.478. The van der Waals surface area contributed by atoms with E-state index in [1.54, 1.807) is 11.3 Å². The van der Waals surface area contributed by atoms with Gasteiger partial charge in [-0.3, -0.25) is 0 Å². The maximum atomic E-state index is 6.09. The first-order chi connectivity index (χ1) is 6.24. The van der Waals surface area contributed by atoms with E-state index in [9.17, 15) is 0 Å². The molecule has 68 valence electrons. The van der Waals surface area contributed by atoms with Crippen molar-refractivity contribution in [3.8, 4) is 0 Å². The normalized spacial score (nSPS) is 11.0. The molecular weight excluding hydrogens is 291 g/mol. The van der Waals surface area contributed by atoms with Crippen molar-refractivity contribution >= 4 is 60.6 Å². The van der Waals surface area contributed by atoms with Crippen molar-refractivity contribution in [1.82, 2.24) is 0 Å². The van der Waals surface area contributed by atoms with Crippen LogP contribution in [-0.4, -0.2) is 0 Å². The van der Waals surface area contributed by atoms with Crippen LogP contribution in [-0.2, 0) is 5.88 Å². The highest BCUT2D eigenvalue weighted by molar-refractivity contribution is 9.10. The number of hydrogen-bond acceptors (Lipinski definition) is 1. The van der Waals surface area contributed by atoms with Gasteiger partial charge in [-0.25, -0.2) is 0 Å². The Hall–Kier alpha value is 0.240. The molecule has 0 bridgehead atoms. The molecule has 0 aliphatic rings. The smallest absolute Gasteiger partial charge is 0.0588 e. The highest BCUT2D eigenvalue weighted by Crippen LogP contribution is 2.37. The van der Waals surface area contributed by atoms with E-state index in [0.29, 0.717) is 5.88 Å². The quantitative estimate of drug-likeness (QED) is 0.645. The van der Waals surface area contributed by atoms with Gasteiger partial charge in [0.25, 0.3) is 0 Å². The van der Waals surface area contributed by atoms with E-state index in [-0.39, 0.29) is 0 Å². The molecule has 13 heavy (non-hydrogen) atoms. The predicted octanol–water partition coefficient (Wildman–Crippen LogP) is 5.06. The molecule has 0 fully saturated rings. The zero-order chi connectivity index (χ0) is 9.42. The van der Waals surface area contributed by atoms with E-state index >= 15 is 0 Å². The molecule has 1 aromatic carbocycles. The third-order valence-corrected chi connectivity index (χ3v) is 4.43. The lowest BCUT2D eigenvalue weighted by atomic mass is 10.2. The molecule has 0 nitrogen and oxygen atoms in total. The number of alkyl halides is 1. The van der Waals surface area contributed by atoms with Crippen LogP contribution in [0, 0.1) is 0 Å². The Morgan fingerprint density at radius 1 is 1.46 bits per heavy atom. The fourth-order valence-electron chi connectivity index (χ4n) is 1.22. The van der Waals surface area contributed by atoms with Gasteiger partial charge in [0.2, 0.25) is 0 Å². The molecule has 2 aromatic rings. The lowest BCUT2D eigenvalue weighted by Crippen LogP contribution is -1.81. The molecule has 0 aliphatic heterocycles. The van der Waals surface area contributed by atoms with Crippen LogP contribution in [0.2, 0.25) is 5.02 Å². The topological polar surface area (TPSA) is 0 Å². The summed E-state index contributed by atoms with van der Waals surface area (Å²) in [6, 6.07) is 3.96. The second kappa shape index (κ2) is 3.77. The predicted molar refractivity (Wildman–Crippen MR) is 64.1 cm³/mol. The average molecular weight is 296 g/mol. The van der Waals surface area contributed by atoms with Crippen LogP contribution in [0.5, 0.6) is 0 Å². The second-order valence-corrected chi connectivity index (χ2v) is 5.01. The second-order valence-electron chi connectivity index (χ2n) is 2.63. The first kappa shape index (κ1) is 9.78. The Bertz CT molecular complexity index is 450. The standard InChI is InChI=1S/C9H5BrCl2S/c10-8-5(4-11)3-7(12)9-6(8)1-2-13-9/h1-3H,4H2. The number of benzene rings is 1. The summed E-state index contributed by atoms with van der Waals surface area (Å²) in [6.45, 7) is 0. The summed E-state index contributed by atoms with van der Waals surface area (Å²) in [5, 5.41) is 3.95. The van der Waals surface area contributed by atoms with Gasteiger partial charge in [0.1, 0.15) is 0 Å². The van der Waals surface area contributed by atoms with Crippen LogP contribution in [0.3, 0.4) is 0 Å². The van der Waals surface area contributed by atoms with Crippen molar-refractivity contribution in [2.24, 2.45) is 0 Å². The maximum Gasteiger partial charge on any atom is 0.0588 e. The summed E-state index contributed by atoms with van der Waals surface area (Å²) in [5.41, 5.74) is 1.04. The SMILES string of the molecule is ClCc1cc(Cl)c2sccc2c1Br. The van der Waals surface area contributed by atoms with Gasteiger partial charge in [0.15, 0.2) is 0 Å². The summed E-state index contributed by atoms with van der Waals surface area (Å²) in [5.74, 6) is 0.478. The van der Waals surface area contributed by atoms with Crippen molar-refractivity contribution in [2.75, 3.05) is 0 Å². The summed E-state index contributed by atoms with van der Waals surface area (Å²) < 4.78 is 2.17. The van der Waals surface area contributed by atoms with Crippen LogP contribution < -0.4 is 0 Å². The number of thiophene rings is 1. The van der Waals surface area contributed by atoms with Crippen LogP contribution in [0.4, 0.5) is 0 Å². The van der Waals surface area contributed by atoms with Gasteiger partial charge in [-0.2, -0.15) is 0 Å².